The van der Waals surface area contributed by atoms with E-state index in [1.807, 2.05) is 0 Å². The normalized spacial score (nSPS) is 10.0. The Morgan fingerprint density at radius 3 is 2.43 bits per heavy atom. The zero-order chi connectivity index (χ0) is 16.8. The van der Waals surface area contributed by atoms with Crippen molar-refractivity contribution < 1.29 is 18.7 Å². The second kappa shape index (κ2) is 7.60. The fraction of sp³-hybridized carbons (Fsp3) is 0.125. The van der Waals surface area contributed by atoms with Gasteiger partial charge in [0.05, 0.1) is 12.8 Å². The summed E-state index contributed by atoms with van der Waals surface area (Å²) in [7, 11) is 1.55. The minimum atomic E-state index is -0.959. The van der Waals surface area contributed by atoms with Crippen LogP contribution in [0.25, 0.3) is 0 Å². The fourth-order valence-electron chi connectivity index (χ4n) is 1.78. The first-order valence-electron chi connectivity index (χ1n) is 6.67. The number of benzene rings is 2. The number of hydrogen-bond acceptors (Lipinski definition) is 3. The molecule has 0 aliphatic rings. The quantitative estimate of drug-likeness (QED) is 0.844. The number of amides is 2. The summed E-state index contributed by atoms with van der Waals surface area (Å²) in [6.45, 7) is 0.166. The number of carbonyl (C=O) groups excluding carboxylic acids is 2. The first kappa shape index (κ1) is 16.8. The molecule has 2 rings (SSSR count). The van der Waals surface area contributed by atoms with E-state index in [0.29, 0.717) is 5.75 Å². The molecule has 0 spiro atoms. The highest BCUT2D eigenvalue weighted by Gasteiger charge is 2.15. The van der Waals surface area contributed by atoms with Crippen LogP contribution in [0.5, 0.6) is 5.75 Å². The average Bonchev–Trinajstić information content (AvgIpc) is 2.55. The zero-order valence-corrected chi connectivity index (χ0v) is 13.0. The standard InChI is InChI=1S/C16H14ClFN2O3/c1-23-12-5-2-10(3-6-12)9-19-15(21)16(22)20-14-7-4-11(17)8-13(14)18/h2-8H,9H2,1H3,(H,19,21)(H,20,22). The van der Waals surface area contributed by atoms with Gasteiger partial charge in [0, 0.05) is 11.6 Å². The molecule has 0 saturated carbocycles. The van der Waals surface area contributed by atoms with E-state index in [-0.39, 0.29) is 17.3 Å². The third-order valence-corrected chi connectivity index (χ3v) is 3.23. The van der Waals surface area contributed by atoms with Gasteiger partial charge in [-0.1, -0.05) is 23.7 Å². The Morgan fingerprint density at radius 2 is 1.83 bits per heavy atom. The number of rotatable bonds is 4. The fourth-order valence-corrected chi connectivity index (χ4v) is 1.93. The highest BCUT2D eigenvalue weighted by molar-refractivity contribution is 6.39. The summed E-state index contributed by atoms with van der Waals surface area (Å²) in [5.74, 6) is -1.85. The number of nitrogens with one attached hydrogen (secondary N) is 2. The molecular weight excluding hydrogens is 323 g/mol. The first-order valence-corrected chi connectivity index (χ1v) is 7.04. The minimum Gasteiger partial charge on any atom is -0.497 e. The molecule has 0 fully saturated rings. The summed E-state index contributed by atoms with van der Waals surface area (Å²) in [6.07, 6.45) is 0. The van der Waals surface area contributed by atoms with Gasteiger partial charge in [0.2, 0.25) is 0 Å². The van der Waals surface area contributed by atoms with Gasteiger partial charge in [-0.15, -0.1) is 0 Å². The Kier molecular flexibility index (Phi) is 5.54. The summed E-state index contributed by atoms with van der Waals surface area (Å²) >= 11 is 5.61. The van der Waals surface area contributed by atoms with Crippen molar-refractivity contribution >= 4 is 29.1 Å². The van der Waals surface area contributed by atoms with Crippen LogP contribution in [-0.2, 0) is 16.1 Å². The smallest absolute Gasteiger partial charge is 0.313 e. The molecule has 2 amide bonds. The van der Waals surface area contributed by atoms with Crippen molar-refractivity contribution in [1.82, 2.24) is 5.32 Å². The Labute approximate surface area is 137 Å². The summed E-state index contributed by atoms with van der Waals surface area (Å²) in [6, 6.07) is 10.7. The predicted octanol–water partition coefficient (Wildman–Crippen LogP) is 2.74. The highest BCUT2D eigenvalue weighted by Crippen LogP contribution is 2.18. The molecule has 0 aliphatic heterocycles. The molecule has 0 bridgehead atoms. The van der Waals surface area contributed by atoms with Gasteiger partial charge in [-0.25, -0.2) is 4.39 Å². The number of ether oxygens (including phenoxy) is 1. The van der Waals surface area contributed by atoms with Crippen molar-refractivity contribution in [2.75, 3.05) is 12.4 Å². The number of methoxy groups -OCH3 is 1. The van der Waals surface area contributed by atoms with E-state index in [4.69, 9.17) is 16.3 Å². The van der Waals surface area contributed by atoms with Crippen molar-refractivity contribution in [1.29, 1.82) is 0 Å². The van der Waals surface area contributed by atoms with Gasteiger partial charge in [0.1, 0.15) is 11.6 Å². The van der Waals surface area contributed by atoms with E-state index in [9.17, 15) is 14.0 Å². The maximum Gasteiger partial charge on any atom is 0.313 e. The molecule has 120 valence electrons. The zero-order valence-electron chi connectivity index (χ0n) is 12.2. The lowest BCUT2D eigenvalue weighted by atomic mass is 10.2. The molecule has 0 radical (unpaired) electrons. The SMILES string of the molecule is COc1ccc(CNC(=O)C(=O)Nc2ccc(Cl)cc2F)cc1. The lowest BCUT2D eigenvalue weighted by Gasteiger charge is -2.08. The van der Waals surface area contributed by atoms with Crippen LogP contribution in [-0.4, -0.2) is 18.9 Å². The molecule has 0 aliphatic carbocycles. The molecule has 2 N–H and O–H groups in total. The molecule has 2 aromatic rings. The van der Waals surface area contributed by atoms with Crippen LogP contribution in [0.3, 0.4) is 0 Å². The van der Waals surface area contributed by atoms with Gasteiger partial charge in [0.15, 0.2) is 0 Å². The molecule has 5 nitrogen and oxygen atoms in total. The van der Waals surface area contributed by atoms with Crippen LogP contribution in [0.4, 0.5) is 10.1 Å². The van der Waals surface area contributed by atoms with E-state index < -0.39 is 17.6 Å². The maximum atomic E-state index is 13.6. The van der Waals surface area contributed by atoms with Crippen molar-refractivity contribution in [2.24, 2.45) is 0 Å². The van der Waals surface area contributed by atoms with E-state index in [1.165, 1.54) is 12.1 Å². The van der Waals surface area contributed by atoms with Crippen LogP contribution in [0, 0.1) is 5.82 Å². The first-order chi connectivity index (χ1) is 11.0. The average molecular weight is 337 g/mol. The lowest BCUT2D eigenvalue weighted by Crippen LogP contribution is -2.35. The lowest BCUT2D eigenvalue weighted by molar-refractivity contribution is -0.136. The van der Waals surface area contributed by atoms with Crippen molar-refractivity contribution in [3.63, 3.8) is 0 Å². The Balaban J connectivity index is 1.90. The number of anilines is 1. The Hall–Kier alpha value is -2.60. The summed E-state index contributed by atoms with van der Waals surface area (Å²) in [4.78, 5) is 23.5. The van der Waals surface area contributed by atoms with E-state index >= 15 is 0 Å². The molecule has 7 heteroatoms. The van der Waals surface area contributed by atoms with E-state index in [1.54, 1.807) is 31.4 Å². The van der Waals surface area contributed by atoms with Gasteiger partial charge < -0.3 is 15.4 Å². The van der Waals surface area contributed by atoms with Gasteiger partial charge in [-0.2, -0.15) is 0 Å². The molecule has 23 heavy (non-hydrogen) atoms. The third kappa shape index (κ3) is 4.69. The van der Waals surface area contributed by atoms with Crippen LogP contribution in [0.1, 0.15) is 5.56 Å². The Morgan fingerprint density at radius 1 is 1.13 bits per heavy atom. The molecule has 0 unspecified atom stereocenters. The topological polar surface area (TPSA) is 67.4 Å². The number of carbonyl (C=O) groups is 2. The summed E-state index contributed by atoms with van der Waals surface area (Å²) < 4.78 is 18.6. The second-order valence-corrected chi connectivity index (χ2v) is 5.05. The monoisotopic (exact) mass is 336 g/mol. The molecule has 0 heterocycles. The van der Waals surface area contributed by atoms with Crippen LogP contribution in [0.15, 0.2) is 42.5 Å². The predicted molar refractivity (Wildman–Crippen MR) is 84.9 cm³/mol. The van der Waals surface area contributed by atoms with Crippen molar-refractivity contribution in [2.45, 2.75) is 6.54 Å². The van der Waals surface area contributed by atoms with Gasteiger partial charge in [-0.05, 0) is 35.9 Å². The molecule has 0 aromatic heterocycles. The summed E-state index contributed by atoms with van der Waals surface area (Å²) in [5, 5.41) is 4.83. The molecular formula is C16H14ClFN2O3. The minimum absolute atomic E-state index is 0.112. The highest BCUT2D eigenvalue weighted by atomic mass is 35.5. The molecule has 2 aromatic carbocycles. The van der Waals surface area contributed by atoms with E-state index in [0.717, 1.165) is 11.6 Å². The second-order valence-electron chi connectivity index (χ2n) is 4.61. The molecule has 0 atom stereocenters. The third-order valence-electron chi connectivity index (χ3n) is 3.00. The molecule has 0 saturated heterocycles. The number of halogens is 2. The van der Waals surface area contributed by atoms with Crippen LogP contribution < -0.4 is 15.4 Å². The van der Waals surface area contributed by atoms with E-state index in [2.05, 4.69) is 10.6 Å². The number of hydrogen-bond donors (Lipinski definition) is 2. The maximum absolute atomic E-state index is 13.6. The largest absolute Gasteiger partial charge is 0.497 e. The van der Waals surface area contributed by atoms with Crippen molar-refractivity contribution in [3.05, 3.63) is 58.9 Å². The van der Waals surface area contributed by atoms with Crippen LogP contribution >= 0.6 is 11.6 Å². The van der Waals surface area contributed by atoms with Crippen molar-refractivity contribution in [3.8, 4) is 5.75 Å². The van der Waals surface area contributed by atoms with Gasteiger partial charge in [0.25, 0.3) is 0 Å². The van der Waals surface area contributed by atoms with Gasteiger partial charge >= 0.3 is 11.8 Å². The van der Waals surface area contributed by atoms with Gasteiger partial charge in [-0.3, -0.25) is 9.59 Å². The summed E-state index contributed by atoms with van der Waals surface area (Å²) in [5.41, 5.74) is 0.684. The Bertz CT molecular complexity index is 720. The van der Waals surface area contributed by atoms with Crippen LogP contribution in [0.2, 0.25) is 5.02 Å².